The van der Waals surface area contributed by atoms with E-state index in [2.05, 4.69) is 9.62 Å². The Labute approximate surface area is 144 Å². The summed E-state index contributed by atoms with van der Waals surface area (Å²) in [6.45, 7) is 4.20. The predicted molar refractivity (Wildman–Crippen MR) is 97.4 cm³/mol. The molecule has 0 aromatic heterocycles. The van der Waals surface area contributed by atoms with Crippen LogP contribution in [0.1, 0.15) is 19.8 Å². The molecule has 9 heteroatoms. The van der Waals surface area contributed by atoms with Crippen molar-refractivity contribution in [3.63, 3.8) is 0 Å². The van der Waals surface area contributed by atoms with Crippen molar-refractivity contribution >= 4 is 31.4 Å². The molecule has 1 fully saturated rings. The monoisotopic (exact) mass is 375 g/mol. The molecule has 0 amide bonds. The minimum Gasteiger partial charge on any atom is -0.369 e. The lowest BCUT2D eigenvalue weighted by Gasteiger charge is -2.35. The van der Waals surface area contributed by atoms with Crippen LogP contribution >= 0.6 is 0 Å². The summed E-state index contributed by atoms with van der Waals surface area (Å²) in [6.07, 6.45) is 2.67. The van der Waals surface area contributed by atoms with Gasteiger partial charge in [0.05, 0.1) is 12.0 Å². The molecule has 24 heavy (non-hydrogen) atoms. The maximum Gasteiger partial charge on any atom is 0.229 e. The van der Waals surface area contributed by atoms with Gasteiger partial charge >= 0.3 is 0 Å². The van der Waals surface area contributed by atoms with Gasteiger partial charge < -0.3 is 4.90 Å². The molecule has 1 saturated heterocycles. The van der Waals surface area contributed by atoms with E-state index in [-0.39, 0.29) is 5.75 Å². The molecule has 0 atom stereocenters. The van der Waals surface area contributed by atoms with Crippen LogP contribution in [-0.2, 0) is 20.0 Å². The van der Waals surface area contributed by atoms with Gasteiger partial charge in [0, 0.05) is 37.6 Å². The number of rotatable bonds is 7. The Morgan fingerprint density at radius 1 is 1.00 bits per heavy atom. The highest BCUT2D eigenvalue weighted by molar-refractivity contribution is 7.92. The summed E-state index contributed by atoms with van der Waals surface area (Å²) < 4.78 is 50.8. The number of anilines is 2. The summed E-state index contributed by atoms with van der Waals surface area (Å²) in [7, 11) is -6.43. The Morgan fingerprint density at radius 2 is 1.58 bits per heavy atom. The van der Waals surface area contributed by atoms with E-state index in [0.717, 1.165) is 18.4 Å². The molecule has 136 valence electrons. The molecule has 2 rings (SSSR count). The van der Waals surface area contributed by atoms with E-state index in [1.54, 1.807) is 16.4 Å². The largest absolute Gasteiger partial charge is 0.369 e. The van der Waals surface area contributed by atoms with E-state index < -0.39 is 20.0 Å². The smallest absolute Gasteiger partial charge is 0.229 e. The Morgan fingerprint density at radius 3 is 2.08 bits per heavy atom. The van der Waals surface area contributed by atoms with Gasteiger partial charge in [-0.05, 0) is 30.7 Å². The highest BCUT2D eigenvalue weighted by Gasteiger charge is 2.26. The SMILES string of the molecule is CCCCS(=O)(=O)N1CCN(c2ccc(NS(C)(=O)=O)cc2)CC1. The molecule has 1 heterocycles. The molecule has 1 N–H and O–H groups in total. The van der Waals surface area contributed by atoms with Crippen LogP contribution in [0.25, 0.3) is 0 Å². The van der Waals surface area contributed by atoms with Crippen LogP contribution in [0.3, 0.4) is 0 Å². The van der Waals surface area contributed by atoms with Crippen molar-refractivity contribution in [1.29, 1.82) is 0 Å². The number of sulfonamides is 2. The summed E-state index contributed by atoms with van der Waals surface area (Å²) in [6, 6.07) is 7.10. The molecule has 0 unspecified atom stereocenters. The molecule has 1 aliphatic heterocycles. The van der Waals surface area contributed by atoms with Gasteiger partial charge in [-0.15, -0.1) is 0 Å². The highest BCUT2D eigenvalue weighted by atomic mass is 32.2. The maximum absolute atomic E-state index is 12.2. The van der Waals surface area contributed by atoms with Crippen molar-refractivity contribution in [2.75, 3.05) is 47.8 Å². The van der Waals surface area contributed by atoms with Crippen molar-refractivity contribution in [2.24, 2.45) is 0 Å². The van der Waals surface area contributed by atoms with Gasteiger partial charge in [0.1, 0.15) is 0 Å². The molecule has 0 saturated carbocycles. The van der Waals surface area contributed by atoms with Crippen molar-refractivity contribution in [1.82, 2.24) is 4.31 Å². The van der Waals surface area contributed by atoms with Crippen LogP contribution in [0.4, 0.5) is 11.4 Å². The Hall–Kier alpha value is -1.32. The topological polar surface area (TPSA) is 86.8 Å². The van der Waals surface area contributed by atoms with Gasteiger partial charge in [0.15, 0.2) is 0 Å². The molecule has 1 aromatic rings. The van der Waals surface area contributed by atoms with E-state index in [1.807, 2.05) is 19.1 Å². The minimum atomic E-state index is -3.28. The molecule has 0 spiro atoms. The lowest BCUT2D eigenvalue weighted by atomic mass is 10.2. The zero-order valence-electron chi connectivity index (χ0n) is 14.1. The minimum absolute atomic E-state index is 0.218. The van der Waals surface area contributed by atoms with Gasteiger partial charge in [-0.2, -0.15) is 4.31 Å². The van der Waals surface area contributed by atoms with E-state index in [0.29, 0.717) is 38.3 Å². The lowest BCUT2D eigenvalue weighted by Crippen LogP contribution is -2.49. The highest BCUT2D eigenvalue weighted by Crippen LogP contribution is 2.21. The number of benzene rings is 1. The first-order valence-electron chi connectivity index (χ1n) is 8.02. The van der Waals surface area contributed by atoms with Crippen LogP contribution in [0.2, 0.25) is 0 Å². The third-order valence-electron chi connectivity index (χ3n) is 3.92. The summed E-state index contributed by atoms with van der Waals surface area (Å²) in [5.74, 6) is 0.218. The molecular weight excluding hydrogens is 350 g/mol. The van der Waals surface area contributed by atoms with Crippen molar-refractivity contribution < 1.29 is 16.8 Å². The molecule has 1 aliphatic rings. The fourth-order valence-corrected chi connectivity index (χ4v) is 4.83. The number of piperazine rings is 1. The standard InChI is InChI=1S/C15H25N3O4S2/c1-3-4-13-24(21,22)18-11-9-17(10-12-18)15-7-5-14(6-8-15)16-23(2,19)20/h5-8,16H,3-4,9-13H2,1-2H3. The van der Waals surface area contributed by atoms with Crippen LogP contribution in [0.5, 0.6) is 0 Å². The van der Waals surface area contributed by atoms with Crippen LogP contribution in [0.15, 0.2) is 24.3 Å². The Kier molecular flexibility index (Phi) is 6.11. The van der Waals surface area contributed by atoms with Crippen molar-refractivity contribution in [3.05, 3.63) is 24.3 Å². The second-order valence-corrected chi connectivity index (χ2v) is 9.81. The van der Waals surface area contributed by atoms with Crippen LogP contribution in [0, 0.1) is 0 Å². The molecule has 1 aromatic carbocycles. The third kappa shape index (κ3) is 5.35. The summed E-state index contributed by atoms with van der Waals surface area (Å²) >= 11 is 0. The van der Waals surface area contributed by atoms with E-state index in [1.165, 1.54) is 0 Å². The number of hydrogen-bond acceptors (Lipinski definition) is 5. The zero-order valence-corrected chi connectivity index (χ0v) is 15.7. The molecule has 7 nitrogen and oxygen atoms in total. The van der Waals surface area contributed by atoms with E-state index in [4.69, 9.17) is 0 Å². The lowest BCUT2D eigenvalue weighted by molar-refractivity contribution is 0.384. The maximum atomic E-state index is 12.2. The van der Waals surface area contributed by atoms with Crippen molar-refractivity contribution in [2.45, 2.75) is 19.8 Å². The van der Waals surface area contributed by atoms with Gasteiger partial charge in [-0.3, -0.25) is 4.72 Å². The summed E-state index contributed by atoms with van der Waals surface area (Å²) in [5, 5.41) is 0. The van der Waals surface area contributed by atoms with E-state index >= 15 is 0 Å². The van der Waals surface area contributed by atoms with Crippen molar-refractivity contribution in [3.8, 4) is 0 Å². The van der Waals surface area contributed by atoms with Gasteiger partial charge in [-0.1, -0.05) is 13.3 Å². The Balaban J connectivity index is 1.95. The average Bonchev–Trinajstić information content (AvgIpc) is 2.52. The van der Waals surface area contributed by atoms with Gasteiger partial charge in [0.2, 0.25) is 20.0 Å². The summed E-state index contributed by atoms with van der Waals surface area (Å²) in [4.78, 5) is 2.11. The van der Waals surface area contributed by atoms with Crippen LogP contribution in [-0.4, -0.2) is 59.3 Å². The molecule has 0 radical (unpaired) electrons. The third-order valence-corrected chi connectivity index (χ3v) is 6.49. The molecule has 0 aliphatic carbocycles. The fraction of sp³-hybridized carbons (Fsp3) is 0.600. The fourth-order valence-electron chi connectivity index (χ4n) is 2.63. The zero-order chi connectivity index (χ0) is 17.8. The number of unbranched alkanes of at least 4 members (excludes halogenated alkanes) is 1. The molecular formula is C15H25N3O4S2. The first-order valence-corrected chi connectivity index (χ1v) is 11.5. The number of nitrogens with one attached hydrogen (secondary N) is 1. The quantitative estimate of drug-likeness (QED) is 0.776. The Bertz CT molecular complexity index is 737. The van der Waals surface area contributed by atoms with Gasteiger partial charge in [0.25, 0.3) is 0 Å². The number of hydrogen-bond donors (Lipinski definition) is 1. The second-order valence-electron chi connectivity index (χ2n) is 5.98. The number of nitrogens with zero attached hydrogens (tertiary/aromatic N) is 2. The first kappa shape index (κ1) is 19.0. The normalized spacial score (nSPS) is 17.0. The average molecular weight is 376 g/mol. The van der Waals surface area contributed by atoms with E-state index in [9.17, 15) is 16.8 Å². The second kappa shape index (κ2) is 7.71. The van der Waals surface area contributed by atoms with Gasteiger partial charge in [-0.25, -0.2) is 16.8 Å². The first-order chi connectivity index (χ1) is 11.2. The molecule has 0 bridgehead atoms. The summed E-state index contributed by atoms with van der Waals surface area (Å²) in [5.41, 5.74) is 1.47. The predicted octanol–water partition coefficient (Wildman–Crippen LogP) is 1.31. The van der Waals surface area contributed by atoms with Crippen LogP contribution < -0.4 is 9.62 Å².